The van der Waals surface area contributed by atoms with Crippen molar-refractivity contribution in [1.82, 2.24) is 15.0 Å². The van der Waals surface area contributed by atoms with Crippen LogP contribution in [-0.2, 0) is 0 Å². The third-order valence-corrected chi connectivity index (χ3v) is 4.70. The molecule has 1 aliphatic rings. The SMILES string of the molecule is N[C@H]1CCCC[C@H]1Nc1nc(-c2ccccc2)c2c(O)[nH]cc2n1. The van der Waals surface area contributed by atoms with Crippen molar-refractivity contribution in [3.63, 3.8) is 0 Å². The average Bonchev–Trinajstić information content (AvgIpc) is 2.98. The Labute approximate surface area is 140 Å². The summed E-state index contributed by atoms with van der Waals surface area (Å²) < 4.78 is 0. The Morgan fingerprint density at radius 3 is 2.71 bits per heavy atom. The molecule has 0 spiro atoms. The van der Waals surface area contributed by atoms with Gasteiger partial charge in [0.25, 0.3) is 0 Å². The molecule has 2 aromatic heterocycles. The Bertz CT molecular complexity index is 845. The predicted octanol–water partition coefficient (Wildman–Crippen LogP) is 3.01. The molecule has 5 N–H and O–H groups in total. The number of aromatic amines is 1. The van der Waals surface area contributed by atoms with Gasteiger partial charge in [-0.25, -0.2) is 9.97 Å². The van der Waals surface area contributed by atoms with Gasteiger partial charge in [0.1, 0.15) is 0 Å². The first-order chi connectivity index (χ1) is 11.7. The number of nitrogens with one attached hydrogen (secondary N) is 2. The summed E-state index contributed by atoms with van der Waals surface area (Å²) in [5, 5.41) is 14.2. The molecule has 1 aliphatic carbocycles. The summed E-state index contributed by atoms with van der Waals surface area (Å²) in [6.07, 6.45) is 6.10. The molecule has 1 fully saturated rings. The summed E-state index contributed by atoms with van der Waals surface area (Å²) >= 11 is 0. The van der Waals surface area contributed by atoms with Gasteiger partial charge in [-0.05, 0) is 12.8 Å². The zero-order valence-corrected chi connectivity index (χ0v) is 13.4. The minimum atomic E-state index is 0.0878. The Hall–Kier alpha value is -2.60. The summed E-state index contributed by atoms with van der Waals surface area (Å²) in [5.74, 6) is 0.646. The maximum absolute atomic E-state index is 10.1. The maximum atomic E-state index is 10.1. The van der Waals surface area contributed by atoms with Crippen molar-refractivity contribution in [2.75, 3.05) is 5.32 Å². The van der Waals surface area contributed by atoms with Crippen LogP contribution in [0.15, 0.2) is 36.5 Å². The number of aromatic hydroxyl groups is 1. The molecule has 0 amide bonds. The van der Waals surface area contributed by atoms with E-state index in [0.29, 0.717) is 22.5 Å². The number of fused-ring (bicyclic) bond motifs is 1. The van der Waals surface area contributed by atoms with E-state index in [4.69, 9.17) is 5.73 Å². The first-order valence-corrected chi connectivity index (χ1v) is 8.38. The quantitative estimate of drug-likeness (QED) is 0.594. The second kappa shape index (κ2) is 6.13. The van der Waals surface area contributed by atoms with Gasteiger partial charge in [-0.2, -0.15) is 0 Å². The van der Waals surface area contributed by atoms with Crippen molar-refractivity contribution in [3.05, 3.63) is 36.5 Å². The summed E-state index contributed by atoms with van der Waals surface area (Å²) in [7, 11) is 0. The van der Waals surface area contributed by atoms with Crippen LogP contribution in [0.1, 0.15) is 25.7 Å². The molecule has 0 saturated heterocycles. The van der Waals surface area contributed by atoms with Crippen LogP contribution in [0.3, 0.4) is 0 Å². The number of benzene rings is 1. The van der Waals surface area contributed by atoms with Crippen molar-refractivity contribution in [2.24, 2.45) is 5.73 Å². The molecular formula is C18H21N5O. The highest BCUT2D eigenvalue weighted by Crippen LogP contribution is 2.33. The van der Waals surface area contributed by atoms with E-state index >= 15 is 0 Å². The van der Waals surface area contributed by atoms with Crippen LogP contribution >= 0.6 is 0 Å². The minimum Gasteiger partial charge on any atom is -0.494 e. The summed E-state index contributed by atoms with van der Waals surface area (Å²) in [6, 6.07) is 10.1. The molecule has 2 atom stereocenters. The van der Waals surface area contributed by atoms with Crippen molar-refractivity contribution >= 4 is 16.9 Å². The van der Waals surface area contributed by atoms with Gasteiger partial charge in [-0.15, -0.1) is 0 Å². The average molecular weight is 323 g/mol. The highest BCUT2D eigenvalue weighted by Gasteiger charge is 2.23. The lowest BCUT2D eigenvalue weighted by molar-refractivity contribution is 0.402. The number of rotatable bonds is 3. The number of nitrogens with two attached hydrogens (primary N) is 1. The largest absolute Gasteiger partial charge is 0.494 e. The number of H-pyrrole nitrogens is 1. The van der Waals surface area contributed by atoms with E-state index in [2.05, 4.69) is 20.3 Å². The highest BCUT2D eigenvalue weighted by molar-refractivity contribution is 5.97. The predicted molar refractivity (Wildman–Crippen MR) is 94.8 cm³/mol. The third-order valence-electron chi connectivity index (χ3n) is 4.70. The molecule has 4 rings (SSSR count). The van der Waals surface area contributed by atoms with Gasteiger partial charge in [0.2, 0.25) is 5.95 Å². The molecule has 1 saturated carbocycles. The monoisotopic (exact) mass is 323 g/mol. The first kappa shape index (κ1) is 15.0. The van der Waals surface area contributed by atoms with Crippen LogP contribution in [0.4, 0.5) is 5.95 Å². The van der Waals surface area contributed by atoms with Crippen molar-refractivity contribution in [2.45, 2.75) is 37.8 Å². The molecule has 0 radical (unpaired) electrons. The number of nitrogens with zero attached hydrogens (tertiary/aromatic N) is 2. The topological polar surface area (TPSA) is 99.9 Å². The number of hydrogen-bond acceptors (Lipinski definition) is 5. The van der Waals surface area contributed by atoms with E-state index in [9.17, 15) is 5.11 Å². The highest BCUT2D eigenvalue weighted by atomic mass is 16.3. The van der Waals surface area contributed by atoms with E-state index in [-0.39, 0.29) is 18.0 Å². The van der Waals surface area contributed by atoms with Gasteiger partial charge < -0.3 is 21.1 Å². The second-order valence-corrected chi connectivity index (χ2v) is 6.36. The third kappa shape index (κ3) is 2.69. The van der Waals surface area contributed by atoms with Gasteiger partial charge in [0, 0.05) is 23.8 Å². The lowest BCUT2D eigenvalue weighted by Gasteiger charge is -2.29. The maximum Gasteiger partial charge on any atom is 0.224 e. The second-order valence-electron chi connectivity index (χ2n) is 6.36. The van der Waals surface area contributed by atoms with Gasteiger partial charge in [-0.1, -0.05) is 43.2 Å². The van der Waals surface area contributed by atoms with E-state index < -0.39 is 0 Å². The Morgan fingerprint density at radius 1 is 1.12 bits per heavy atom. The number of anilines is 1. The van der Waals surface area contributed by atoms with E-state index in [1.165, 1.54) is 12.8 Å². The standard InChI is InChI=1S/C18H21N5O/c19-12-8-4-5-9-13(12)21-18-22-14-10-20-17(24)15(14)16(23-18)11-6-2-1-3-7-11/h1-3,6-7,10,12-13,20,24H,4-5,8-9,19H2,(H,21,22)/t12-,13+/m0/s1. The van der Waals surface area contributed by atoms with Crippen LogP contribution in [0.5, 0.6) is 5.88 Å². The molecule has 0 aliphatic heterocycles. The fourth-order valence-corrected chi connectivity index (χ4v) is 3.40. The van der Waals surface area contributed by atoms with E-state index in [1.54, 1.807) is 6.20 Å². The minimum absolute atomic E-state index is 0.0878. The van der Waals surface area contributed by atoms with Gasteiger partial charge in [0.05, 0.1) is 16.6 Å². The van der Waals surface area contributed by atoms with Crippen LogP contribution < -0.4 is 11.1 Å². The fraction of sp³-hybridized carbons (Fsp3) is 0.333. The zero-order chi connectivity index (χ0) is 16.5. The Morgan fingerprint density at radius 2 is 1.92 bits per heavy atom. The molecule has 0 bridgehead atoms. The normalized spacial score (nSPS) is 21.0. The fourth-order valence-electron chi connectivity index (χ4n) is 3.40. The molecule has 3 aromatic rings. The summed E-state index contributed by atoms with van der Waals surface area (Å²) in [6.45, 7) is 0. The smallest absolute Gasteiger partial charge is 0.224 e. The number of hydrogen-bond donors (Lipinski definition) is 4. The molecule has 6 heteroatoms. The van der Waals surface area contributed by atoms with E-state index in [0.717, 1.165) is 18.4 Å². The summed E-state index contributed by atoms with van der Waals surface area (Å²) in [5.41, 5.74) is 8.57. The molecule has 1 aromatic carbocycles. The molecule has 6 nitrogen and oxygen atoms in total. The molecule has 124 valence electrons. The lowest BCUT2D eigenvalue weighted by atomic mass is 9.91. The molecule has 2 heterocycles. The number of aromatic nitrogens is 3. The molecule has 0 unspecified atom stereocenters. The van der Waals surface area contributed by atoms with Crippen LogP contribution in [0, 0.1) is 0 Å². The van der Waals surface area contributed by atoms with Crippen molar-refractivity contribution < 1.29 is 5.11 Å². The van der Waals surface area contributed by atoms with Gasteiger partial charge >= 0.3 is 0 Å². The van der Waals surface area contributed by atoms with E-state index in [1.807, 2.05) is 30.3 Å². The van der Waals surface area contributed by atoms with Gasteiger partial charge in [0.15, 0.2) is 5.88 Å². The lowest BCUT2D eigenvalue weighted by Crippen LogP contribution is -2.42. The molecular weight excluding hydrogens is 302 g/mol. The first-order valence-electron chi connectivity index (χ1n) is 8.38. The Balaban J connectivity index is 1.77. The zero-order valence-electron chi connectivity index (χ0n) is 13.4. The van der Waals surface area contributed by atoms with Gasteiger partial charge in [-0.3, -0.25) is 0 Å². The van der Waals surface area contributed by atoms with Crippen LogP contribution in [0.25, 0.3) is 22.2 Å². The van der Waals surface area contributed by atoms with Crippen molar-refractivity contribution in [3.8, 4) is 17.1 Å². The van der Waals surface area contributed by atoms with Crippen molar-refractivity contribution in [1.29, 1.82) is 0 Å². The van der Waals surface area contributed by atoms with Crippen LogP contribution in [-0.4, -0.2) is 32.1 Å². The molecule has 24 heavy (non-hydrogen) atoms. The van der Waals surface area contributed by atoms with Crippen LogP contribution in [0.2, 0.25) is 0 Å². The summed E-state index contributed by atoms with van der Waals surface area (Å²) in [4.78, 5) is 12.0. The Kier molecular flexibility index (Phi) is 3.82.